The molecule has 1 heterocycles. The molecular weight excluding hydrogens is 378 g/mol. The third-order valence-corrected chi connectivity index (χ3v) is 5.35. The van der Waals surface area contributed by atoms with E-state index in [1.54, 1.807) is 38.5 Å². The average Bonchev–Trinajstić information content (AvgIpc) is 3.21. The van der Waals surface area contributed by atoms with E-state index >= 15 is 0 Å². The molecule has 6 heteroatoms. The molecule has 28 heavy (non-hydrogen) atoms. The van der Waals surface area contributed by atoms with Crippen molar-refractivity contribution in [1.29, 1.82) is 0 Å². The van der Waals surface area contributed by atoms with Gasteiger partial charge in [-0.2, -0.15) is 0 Å². The van der Waals surface area contributed by atoms with Gasteiger partial charge < -0.3 is 14.4 Å². The predicted molar refractivity (Wildman–Crippen MR) is 108 cm³/mol. The van der Waals surface area contributed by atoms with Gasteiger partial charge in [-0.15, -0.1) is 0 Å². The molecule has 0 radical (unpaired) electrons. The highest BCUT2D eigenvalue weighted by molar-refractivity contribution is 6.30. The summed E-state index contributed by atoms with van der Waals surface area (Å²) in [5, 5.41) is 0.583. The Morgan fingerprint density at radius 3 is 2.50 bits per heavy atom. The molecular formula is C22H24ClNO4. The lowest BCUT2D eigenvalue weighted by atomic mass is 10.0. The fourth-order valence-electron chi connectivity index (χ4n) is 3.63. The van der Waals surface area contributed by atoms with E-state index in [1.807, 2.05) is 23.1 Å². The molecule has 1 saturated heterocycles. The number of rotatable bonds is 7. The van der Waals surface area contributed by atoms with Gasteiger partial charge in [0.05, 0.1) is 20.3 Å². The third kappa shape index (κ3) is 4.47. The van der Waals surface area contributed by atoms with Crippen LogP contribution in [-0.2, 0) is 4.79 Å². The van der Waals surface area contributed by atoms with Gasteiger partial charge in [-0.1, -0.05) is 11.6 Å². The van der Waals surface area contributed by atoms with Crippen molar-refractivity contribution < 1.29 is 19.1 Å². The quantitative estimate of drug-likeness (QED) is 0.632. The predicted octanol–water partition coefficient (Wildman–Crippen LogP) is 4.68. The fourth-order valence-corrected chi connectivity index (χ4v) is 3.76. The third-order valence-electron chi connectivity index (χ3n) is 5.10. The van der Waals surface area contributed by atoms with Crippen LogP contribution in [0.4, 0.5) is 0 Å². The lowest BCUT2D eigenvalue weighted by Gasteiger charge is -2.26. The van der Waals surface area contributed by atoms with Gasteiger partial charge in [-0.05, 0) is 55.3 Å². The summed E-state index contributed by atoms with van der Waals surface area (Å²) in [6.07, 6.45) is 2.14. The van der Waals surface area contributed by atoms with Crippen LogP contribution in [0.3, 0.4) is 0 Å². The summed E-state index contributed by atoms with van der Waals surface area (Å²) in [5.74, 6) is 1.39. The van der Waals surface area contributed by atoms with Crippen LogP contribution in [-0.4, -0.2) is 37.4 Å². The van der Waals surface area contributed by atoms with Crippen molar-refractivity contribution in [2.24, 2.45) is 0 Å². The second kappa shape index (κ2) is 9.11. The van der Waals surface area contributed by atoms with E-state index in [0.29, 0.717) is 17.1 Å². The fraction of sp³-hybridized carbons (Fsp3) is 0.364. The van der Waals surface area contributed by atoms with Crippen LogP contribution >= 0.6 is 11.6 Å². The molecule has 1 aliphatic rings. The van der Waals surface area contributed by atoms with Crippen LogP contribution in [0.5, 0.6) is 11.5 Å². The highest BCUT2D eigenvalue weighted by Crippen LogP contribution is 2.39. The smallest absolute Gasteiger partial charge is 0.223 e. The molecule has 1 fully saturated rings. The summed E-state index contributed by atoms with van der Waals surface area (Å²) in [6.45, 7) is 0.680. The number of likely N-dealkylation sites (tertiary alicyclic amines) is 1. The van der Waals surface area contributed by atoms with E-state index in [-0.39, 0.29) is 30.6 Å². The van der Waals surface area contributed by atoms with E-state index in [4.69, 9.17) is 21.1 Å². The van der Waals surface area contributed by atoms with Crippen molar-refractivity contribution in [1.82, 2.24) is 4.90 Å². The second-order valence-corrected chi connectivity index (χ2v) is 7.22. The lowest BCUT2D eigenvalue weighted by Crippen LogP contribution is -2.31. The molecule has 0 N–H and O–H groups in total. The van der Waals surface area contributed by atoms with Crippen molar-refractivity contribution in [3.8, 4) is 11.5 Å². The number of hydrogen-bond acceptors (Lipinski definition) is 4. The van der Waals surface area contributed by atoms with Gasteiger partial charge in [0, 0.05) is 35.5 Å². The molecule has 1 unspecified atom stereocenters. The second-order valence-electron chi connectivity index (χ2n) is 6.78. The molecule has 0 bridgehead atoms. The summed E-state index contributed by atoms with van der Waals surface area (Å²) in [7, 11) is 3.24. The van der Waals surface area contributed by atoms with E-state index in [0.717, 1.165) is 29.9 Å². The number of ether oxygens (including phenoxy) is 2. The number of amides is 1. The molecule has 148 valence electrons. The van der Waals surface area contributed by atoms with E-state index in [2.05, 4.69) is 0 Å². The Bertz CT molecular complexity index is 850. The first-order chi connectivity index (χ1) is 13.5. The van der Waals surface area contributed by atoms with E-state index < -0.39 is 0 Å². The molecule has 1 atom stereocenters. The number of methoxy groups -OCH3 is 2. The molecule has 3 rings (SSSR count). The zero-order valence-corrected chi connectivity index (χ0v) is 16.9. The molecule has 2 aromatic carbocycles. The maximum Gasteiger partial charge on any atom is 0.223 e. The number of Topliss-reactive ketones (excluding diaryl/α,β-unsaturated/α-hetero) is 1. The van der Waals surface area contributed by atoms with Crippen LogP contribution in [0, 0.1) is 0 Å². The average molecular weight is 402 g/mol. The SMILES string of the molecule is COc1ccc(OC)c(C2CCCN2C(=O)CCC(=O)c2ccc(Cl)cc2)c1. The van der Waals surface area contributed by atoms with Gasteiger partial charge >= 0.3 is 0 Å². The van der Waals surface area contributed by atoms with Gasteiger partial charge in [-0.25, -0.2) is 0 Å². The first kappa shape index (κ1) is 20.2. The zero-order chi connectivity index (χ0) is 20.1. The van der Waals surface area contributed by atoms with Crippen LogP contribution in [0.25, 0.3) is 0 Å². The summed E-state index contributed by atoms with van der Waals surface area (Å²) >= 11 is 5.86. The standard InChI is InChI=1S/C22H24ClNO4/c1-27-17-9-11-21(28-2)18(14-17)19-4-3-13-24(19)22(26)12-10-20(25)15-5-7-16(23)8-6-15/h5-9,11,14,19H,3-4,10,12-13H2,1-2H3. The van der Waals surface area contributed by atoms with Crippen molar-refractivity contribution in [2.75, 3.05) is 20.8 Å². The Balaban J connectivity index is 1.69. The van der Waals surface area contributed by atoms with Crippen LogP contribution < -0.4 is 9.47 Å². The molecule has 1 amide bonds. The Kier molecular flexibility index (Phi) is 6.57. The molecule has 0 saturated carbocycles. The Hall–Kier alpha value is -2.53. The van der Waals surface area contributed by atoms with E-state index in [9.17, 15) is 9.59 Å². The van der Waals surface area contributed by atoms with Crippen molar-refractivity contribution >= 4 is 23.3 Å². The summed E-state index contributed by atoms with van der Waals surface area (Å²) < 4.78 is 10.8. The number of ketones is 1. The topological polar surface area (TPSA) is 55.8 Å². The summed E-state index contributed by atoms with van der Waals surface area (Å²) in [4.78, 5) is 27.1. The minimum Gasteiger partial charge on any atom is -0.497 e. The molecule has 0 aliphatic carbocycles. The van der Waals surface area contributed by atoms with Gasteiger partial charge in [0.1, 0.15) is 11.5 Å². The number of halogens is 1. The van der Waals surface area contributed by atoms with Crippen LogP contribution in [0.1, 0.15) is 47.6 Å². The maximum absolute atomic E-state index is 12.9. The van der Waals surface area contributed by atoms with E-state index in [1.165, 1.54) is 0 Å². The zero-order valence-electron chi connectivity index (χ0n) is 16.1. The first-order valence-electron chi connectivity index (χ1n) is 9.33. The summed E-state index contributed by atoms with van der Waals surface area (Å²) in [6, 6.07) is 12.3. The molecule has 0 spiro atoms. The number of hydrogen-bond donors (Lipinski definition) is 0. The van der Waals surface area contributed by atoms with Gasteiger partial charge in [0.2, 0.25) is 5.91 Å². The minimum atomic E-state index is -0.0665. The number of nitrogens with zero attached hydrogens (tertiary/aromatic N) is 1. The highest BCUT2D eigenvalue weighted by Gasteiger charge is 2.32. The molecule has 5 nitrogen and oxygen atoms in total. The monoisotopic (exact) mass is 401 g/mol. The number of carbonyl (C=O) groups excluding carboxylic acids is 2. The Morgan fingerprint density at radius 1 is 1.07 bits per heavy atom. The summed E-state index contributed by atoms with van der Waals surface area (Å²) in [5.41, 5.74) is 1.52. The molecule has 1 aliphatic heterocycles. The van der Waals surface area contributed by atoms with Crippen LogP contribution in [0.2, 0.25) is 5.02 Å². The number of carbonyl (C=O) groups is 2. The van der Waals surface area contributed by atoms with Gasteiger partial charge in [0.25, 0.3) is 0 Å². The largest absolute Gasteiger partial charge is 0.497 e. The van der Waals surface area contributed by atoms with Crippen LogP contribution in [0.15, 0.2) is 42.5 Å². The maximum atomic E-state index is 12.9. The van der Waals surface area contributed by atoms with Gasteiger partial charge in [0.15, 0.2) is 5.78 Å². The normalized spacial score (nSPS) is 16.1. The van der Waals surface area contributed by atoms with Crippen molar-refractivity contribution in [3.63, 3.8) is 0 Å². The molecule has 2 aromatic rings. The minimum absolute atomic E-state index is 0.0188. The van der Waals surface area contributed by atoms with Crippen molar-refractivity contribution in [3.05, 3.63) is 58.6 Å². The first-order valence-corrected chi connectivity index (χ1v) is 9.71. The highest BCUT2D eigenvalue weighted by atomic mass is 35.5. The number of benzene rings is 2. The Morgan fingerprint density at radius 2 is 1.82 bits per heavy atom. The Labute approximate surface area is 170 Å². The van der Waals surface area contributed by atoms with Gasteiger partial charge in [-0.3, -0.25) is 9.59 Å². The molecule has 0 aromatic heterocycles. The lowest BCUT2D eigenvalue weighted by molar-refractivity contribution is -0.132. The van der Waals surface area contributed by atoms with Crippen molar-refractivity contribution in [2.45, 2.75) is 31.7 Å².